The lowest BCUT2D eigenvalue weighted by molar-refractivity contribution is 0.0680. The van der Waals surface area contributed by atoms with Crippen molar-refractivity contribution in [3.8, 4) is 0 Å². The van der Waals surface area contributed by atoms with Crippen molar-refractivity contribution >= 4 is 18.3 Å². The van der Waals surface area contributed by atoms with Crippen LogP contribution >= 0.6 is 0 Å². The molecule has 3 heterocycles. The third-order valence-electron chi connectivity index (χ3n) is 3.15. The molecule has 1 N–H and O–H groups in total. The Morgan fingerprint density at radius 1 is 1.53 bits per heavy atom. The van der Waals surface area contributed by atoms with Crippen LogP contribution in [0.4, 0.5) is 4.79 Å². The van der Waals surface area contributed by atoms with E-state index in [4.69, 9.17) is 5.11 Å². The number of carbonyl (C=O) groups is 1. The molecule has 0 spiro atoms. The molecule has 1 saturated heterocycles. The molecular formula is C10H13N5O2. The van der Waals surface area contributed by atoms with Gasteiger partial charge in [0.05, 0.1) is 6.34 Å². The molecule has 0 aliphatic carbocycles. The van der Waals surface area contributed by atoms with Gasteiger partial charge in [-0.2, -0.15) is 5.10 Å². The van der Waals surface area contributed by atoms with E-state index in [1.54, 1.807) is 12.5 Å². The van der Waals surface area contributed by atoms with Crippen LogP contribution < -0.4 is 0 Å². The zero-order valence-electron chi connectivity index (χ0n) is 9.23. The maximum absolute atomic E-state index is 11.1. The van der Waals surface area contributed by atoms with E-state index in [0.717, 1.165) is 18.7 Å². The molecule has 17 heavy (non-hydrogen) atoms. The predicted octanol–water partition coefficient (Wildman–Crippen LogP) is 0.531. The van der Waals surface area contributed by atoms with Crippen molar-refractivity contribution in [1.29, 1.82) is 0 Å². The van der Waals surface area contributed by atoms with Crippen LogP contribution in [-0.4, -0.2) is 57.6 Å². The average Bonchev–Trinajstić information content (AvgIpc) is 2.95. The van der Waals surface area contributed by atoms with Crippen molar-refractivity contribution in [3.63, 3.8) is 0 Å². The van der Waals surface area contributed by atoms with Crippen molar-refractivity contribution in [3.05, 3.63) is 12.3 Å². The van der Waals surface area contributed by atoms with Gasteiger partial charge in [0.15, 0.2) is 5.84 Å². The number of rotatable bonds is 1. The van der Waals surface area contributed by atoms with Crippen molar-refractivity contribution in [1.82, 2.24) is 14.8 Å². The largest absolute Gasteiger partial charge is 0.465 e. The van der Waals surface area contributed by atoms with Gasteiger partial charge >= 0.3 is 6.09 Å². The topological polar surface area (TPSA) is 71.7 Å². The molecule has 1 unspecified atom stereocenters. The molecule has 90 valence electrons. The maximum atomic E-state index is 11.1. The molecule has 0 aromatic carbocycles. The Bertz CT molecular complexity index is 430. The van der Waals surface area contributed by atoms with Gasteiger partial charge < -0.3 is 5.11 Å². The van der Waals surface area contributed by atoms with Crippen molar-refractivity contribution in [2.75, 3.05) is 13.2 Å². The number of likely N-dealkylation sites (tertiary alicyclic amines) is 1. The normalized spacial score (nSPS) is 26.5. The second-order valence-corrected chi connectivity index (χ2v) is 4.19. The summed E-state index contributed by atoms with van der Waals surface area (Å²) in [6, 6.07) is 0. The smallest absolute Gasteiger partial charge is 0.408 e. The third kappa shape index (κ3) is 1.63. The fourth-order valence-corrected chi connectivity index (χ4v) is 2.35. The summed E-state index contributed by atoms with van der Waals surface area (Å²) in [7, 11) is 0. The second-order valence-electron chi connectivity index (χ2n) is 4.19. The zero-order valence-corrected chi connectivity index (χ0v) is 9.23. The molecule has 7 nitrogen and oxygen atoms in total. The van der Waals surface area contributed by atoms with E-state index < -0.39 is 6.09 Å². The third-order valence-corrected chi connectivity index (χ3v) is 3.15. The standard InChI is InChI=1S/C10H13N5O2/c16-10(17)14-5-1-2-9(14)15-7-13-6-11-4-3-8(13)12-15/h3-4,6,9H,1-2,5,7H2,(H,16,17). The summed E-state index contributed by atoms with van der Waals surface area (Å²) < 4.78 is 0. The second kappa shape index (κ2) is 3.76. The first-order valence-electron chi connectivity index (χ1n) is 5.57. The molecule has 3 rings (SSSR count). The number of fused-ring (bicyclic) bond motifs is 1. The van der Waals surface area contributed by atoms with Gasteiger partial charge in [0.25, 0.3) is 0 Å². The van der Waals surface area contributed by atoms with Gasteiger partial charge in [-0.3, -0.25) is 14.8 Å². The van der Waals surface area contributed by atoms with Gasteiger partial charge in [0.1, 0.15) is 12.8 Å². The Kier molecular flexibility index (Phi) is 2.24. The highest BCUT2D eigenvalue weighted by Gasteiger charge is 2.36. The summed E-state index contributed by atoms with van der Waals surface area (Å²) in [5.41, 5.74) is 0. The van der Waals surface area contributed by atoms with Crippen LogP contribution in [0.3, 0.4) is 0 Å². The van der Waals surface area contributed by atoms with Crippen molar-refractivity contribution in [2.24, 2.45) is 10.1 Å². The first-order valence-corrected chi connectivity index (χ1v) is 5.57. The van der Waals surface area contributed by atoms with E-state index >= 15 is 0 Å². The number of aliphatic imine (C=N–C) groups is 1. The Labute approximate surface area is 98.3 Å². The van der Waals surface area contributed by atoms with Gasteiger partial charge in [0, 0.05) is 18.8 Å². The Hall–Kier alpha value is -2.05. The molecule has 0 aromatic rings. The minimum absolute atomic E-state index is 0.146. The van der Waals surface area contributed by atoms with E-state index in [1.165, 1.54) is 4.90 Å². The minimum Gasteiger partial charge on any atom is -0.465 e. The van der Waals surface area contributed by atoms with Crippen molar-refractivity contribution < 1.29 is 9.90 Å². The maximum Gasteiger partial charge on any atom is 0.408 e. The Morgan fingerprint density at radius 2 is 2.41 bits per heavy atom. The Morgan fingerprint density at radius 3 is 3.18 bits per heavy atom. The van der Waals surface area contributed by atoms with Crippen LogP contribution in [0.15, 0.2) is 22.4 Å². The summed E-state index contributed by atoms with van der Waals surface area (Å²) in [5.74, 6) is 0.817. The summed E-state index contributed by atoms with van der Waals surface area (Å²) in [5, 5.41) is 15.3. The summed E-state index contributed by atoms with van der Waals surface area (Å²) in [6.45, 7) is 1.16. The SMILES string of the molecule is O=C(O)N1CCCC1N1CN2C=NC=CC2=N1. The molecule has 0 radical (unpaired) electrons. The summed E-state index contributed by atoms with van der Waals surface area (Å²) >= 11 is 0. The first-order chi connectivity index (χ1) is 8.25. The lowest BCUT2D eigenvalue weighted by Gasteiger charge is -2.29. The molecule has 1 amide bonds. The highest BCUT2D eigenvalue weighted by molar-refractivity contribution is 6.02. The van der Waals surface area contributed by atoms with E-state index in [2.05, 4.69) is 10.1 Å². The molecule has 0 saturated carbocycles. The quantitative estimate of drug-likeness (QED) is 0.719. The number of hydrazone groups is 1. The molecule has 0 aromatic heterocycles. The van der Waals surface area contributed by atoms with Crippen LogP contribution in [0, 0.1) is 0 Å². The fraction of sp³-hybridized carbons (Fsp3) is 0.500. The summed E-state index contributed by atoms with van der Waals surface area (Å²) in [4.78, 5) is 18.4. The number of amidine groups is 1. The highest BCUT2D eigenvalue weighted by Crippen LogP contribution is 2.24. The van der Waals surface area contributed by atoms with E-state index in [9.17, 15) is 4.79 Å². The van der Waals surface area contributed by atoms with Crippen molar-refractivity contribution in [2.45, 2.75) is 19.0 Å². The molecule has 1 fully saturated rings. The number of hydrogen-bond donors (Lipinski definition) is 1. The lowest BCUT2D eigenvalue weighted by Crippen LogP contribution is -2.45. The monoisotopic (exact) mass is 235 g/mol. The highest BCUT2D eigenvalue weighted by atomic mass is 16.4. The zero-order chi connectivity index (χ0) is 11.8. The van der Waals surface area contributed by atoms with Crippen LogP contribution in [0.5, 0.6) is 0 Å². The molecule has 3 aliphatic rings. The molecule has 7 heteroatoms. The Balaban J connectivity index is 1.78. The minimum atomic E-state index is -0.873. The molecule has 0 bridgehead atoms. The van der Waals surface area contributed by atoms with Gasteiger partial charge in [-0.1, -0.05) is 0 Å². The molecule has 3 aliphatic heterocycles. The van der Waals surface area contributed by atoms with Gasteiger partial charge in [-0.25, -0.2) is 9.79 Å². The first kappa shape index (κ1) is 10.1. The number of hydrogen-bond acceptors (Lipinski definition) is 5. The molecule has 1 atom stereocenters. The summed E-state index contributed by atoms with van der Waals surface area (Å²) in [6.07, 6.45) is 5.91. The van der Waals surface area contributed by atoms with Crippen LogP contribution in [0.2, 0.25) is 0 Å². The fourth-order valence-electron chi connectivity index (χ4n) is 2.35. The van der Waals surface area contributed by atoms with Crippen LogP contribution in [0.1, 0.15) is 12.8 Å². The van der Waals surface area contributed by atoms with E-state index in [-0.39, 0.29) is 6.17 Å². The van der Waals surface area contributed by atoms with Gasteiger partial charge in [0.2, 0.25) is 0 Å². The van der Waals surface area contributed by atoms with E-state index in [1.807, 2.05) is 16.0 Å². The number of nitrogens with zero attached hydrogens (tertiary/aromatic N) is 5. The van der Waals surface area contributed by atoms with E-state index in [0.29, 0.717) is 13.2 Å². The number of amides is 1. The van der Waals surface area contributed by atoms with Gasteiger partial charge in [-0.05, 0) is 12.8 Å². The molecular weight excluding hydrogens is 222 g/mol. The predicted molar refractivity (Wildman–Crippen MR) is 61.4 cm³/mol. The van der Waals surface area contributed by atoms with Crippen LogP contribution in [-0.2, 0) is 0 Å². The lowest BCUT2D eigenvalue weighted by atomic mass is 10.3. The van der Waals surface area contributed by atoms with Crippen LogP contribution in [0.25, 0.3) is 0 Å². The van der Waals surface area contributed by atoms with Gasteiger partial charge in [-0.15, -0.1) is 0 Å². The average molecular weight is 235 g/mol. The number of carboxylic acid groups (broad SMARTS) is 1.